The number of furan rings is 1. The summed E-state index contributed by atoms with van der Waals surface area (Å²) >= 11 is 0. The van der Waals surface area contributed by atoms with Gasteiger partial charge in [0.05, 0.1) is 5.56 Å². The van der Waals surface area contributed by atoms with Crippen LogP contribution in [0.15, 0.2) is 39.8 Å². The van der Waals surface area contributed by atoms with E-state index in [1.165, 1.54) is 24.3 Å². The first-order valence-corrected chi connectivity index (χ1v) is 7.26. The van der Waals surface area contributed by atoms with Gasteiger partial charge < -0.3 is 4.42 Å². The number of ketones is 2. The smallest absolute Gasteiger partial charge is 0.440 e. The Morgan fingerprint density at radius 3 is 2.00 bits per heavy atom. The van der Waals surface area contributed by atoms with Crippen LogP contribution >= 0.6 is 0 Å². The number of alkyl halides is 3. The van der Waals surface area contributed by atoms with Gasteiger partial charge in [-0.25, -0.2) is 8.42 Å². The molecule has 0 atom stereocenters. The Hall–Kier alpha value is -2.42. The van der Waals surface area contributed by atoms with Crippen LogP contribution < -0.4 is 0 Å². The molecule has 0 radical (unpaired) electrons. The summed E-state index contributed by atoms with van der Waals surface area (Å²) < 4.78 is 64.8. The van der Waals surface area contributed by atoms with Gasteiger partial charge in [-0.2, -0.15) is 13.2 Å². The van der Waals surface area contributed by atoms with Crippen LogP contribution in [0.25, 0.3) is 0 Å². The van der Waals surface area contributed by atoms with Crippen molar-refractivity contribution in [3.63, 3.8) is 0 Å². The second kappa shape index (κ2) is 4.29. The van der Waals surface area contributed by atoms with E-state index in [-0.39, 0.29) is 11.1 Å². The van der Waals surface area contributed by atoms with E-state index < -0.39 is 43.3 Å². The van der Waals surface area contributed by atoms with Crippen molar-refractivity contribution in [2.24, 2.45) is 0 Å². The van der Waals surface area contributed by atoms with E-state index in [2.05, 4.69) is 4.42 Å². The molecule has 0 saturated heterocycles. The van der Waals surface area contributed by atoms with Crippen molar-refractivity contribution in [1.82, 2.24) is 0 Å². The zero-order valence-electron chi connectivity index (χ0n) is 10.5. The van der Waals surface area contributed by atoms with Gasteiger partial charge in [-0.15, -0.1) is 0 Å². The molecule has 1 aromatic carbocycles. The van der Waals surface area contributed by atoms with Crippen molar-refractivity contribution in [2.45, 2.75) is 10.6 Å². The van der Waals surface area contributed by atoms with Gasteiger partial charge in [0.15, 0.2) is 11.5 Å². The molecule has 0 unspecified atom stereocenters. The molecule has 3 rings (SSSR count). The second-order valence-corrected chi connectivity index (χ2v) is 6.33. The molecule has 1 aliphatic rings. The standard InChI is InChI=1S/C13H5F3O5S/c14-13(15,16)22(19,20)9-5-8-10(17)6-3-1-2-4-7(6)11(18)12(8)21-9/h1-5H. The molecule has 22 heavy (non-hydrogen) atoms. The Labute approximate surface area is 121 Å². The molecular weight excluding hydrogens is 325 g/mol. The van der Waals surface area contributed by atoms with Crippen LogP contribution in [0.2, 0.25) is 0 Å². The number of carbonyl (C=O) groups is 2. The average molecular weight is 330 g/mol. The summed E-state index contributed by atoms with van der Waals surface area (Å²) in [6, 6.07) is 6.00. The summed E-state index contributed by atoms with van der Waals surface area (Å²) in [4.78, 5) is 24.3. The summed E-state index contributed by atoms with van der Waals surface area (Å²) in [6.07, 6.45) is 0. The summed E-state index contributed by atoms with van der Waals surface area (Å²) in [7, 11) is -5.78. The van der Waals surface area contributed by atoms with E-state index in [1.807, 2.05) is 0 Å². The van der Waals surface area contributed by atoms with Crippen LogP contribution in [0.1, 0.15) is 32.0 Å². The van der Waals surface area contributed by atoms with Crippen LogP contribution in [0.3, 0.4) is 0 Å². The van der Waals surface area contributed by atoms with Gasteiger partial charge >= 0.3 is 15.3 Å². The minimum atomic E-state index is -5.78. The van der Waals surface area contributed by atoms with Crippen molar-refractivity contribution in [3.05, 3.63) is 52.8 Å². The summed E-state index contributed by atoms with van der Waals surface area (Å²) in [5, 5.41) is -1.47. The maximum atomic E-state index is 12.5. The molecular formula is C13H5F3O5S. The van der Waals surface area contributed by atoms with E-state index >= 15 is 0 Å². The van der Waals surface area contributed by atoms with Crippen LogP contribution in [0.5, 0.6) is 0 Å². The molecule has 1 aromatic heterocycles. The van der Waals surface area contributed by atoms with Gasteiger partial charge in [0.2, 0.25) is 10.9 Å². The maximum absolute atomic E-state index is 12.5. The Kier molecular flexibility index (Phi) is 2.83. The van der Waals surface area contributed by atoms with E-state index in [1.54, 1.807) is 0 Å². The lowest BCUT2D eigenvalue weighted by atomic mass is 9.89. The van der Waals surface area contributed by atoms with Crippen LogP contribution in [0.4, 0.5) is 13.2 Å². The Morgan fingerprint density at radius 2 is 1.45 bits per heavy atom. The maximum Gasteiger partial charge on any atom is 0.504 e. The summed E-state index contributed by atoms with van der Waals surface area (Å²) in [5.74, 6) is -2.31. The third-order valence-corrected chi connectivity index (χ3v) is 4.49. The van der Waals surface area contributed by atoms with Crippen molar-refractivity contribution in [3.8, 4) is 0 Å². The number of halogens is 3. The Bertz CT molecular complexity index is 869. The van der Waals surface area contributed by atoms with E-state index in [0.29, 0.717) is 6.07 Å². The topological polar surface area (TPSA) is 81.4 Å². The second-order valence-electron chi connectivity index (χ2n) is 4.46. The third-order valence-electron chi connectivity index (χ3n) is 3.15. The molecule has 0 aliphatic heterocycles. The normalized spacial score (nSPS) is 14.7. The van der Waals surface area contributed by atoms with Crippen molar-refractivity contribution >= 4 is 21.4 Å². The van der Waals surface area contributed by atoms with Gasteiger partial charge in [-0.05, 0) is 0 Å². The van der Waals surface area contributed by atoms with Crippen LogP contribution in [0, 0.1) is 0 Å². The average Bonchev–Trinajstić information content (AvgIpc) is 2.90. The molecule has 1 heterocycles. The van der Waals surface area contributed by atoms with Crippen LogP contribution in [-0.2, 0) is 9.84 Å². The molecule has 0 bridgehead atoms. The van der Waals surface area contributed by atoms with Gasteiger partial charge in [0.25, 0.3) is 0 Å². The quantitative estimate of drug-likeness (QED) is 0.684. The van der Waals surface area contributed by atoms with Gasteiger partial charge in [0, 0.05) is 17.2 Å². The number of carbonyl (C=O) groups excluding carboxylic acids is 2. The largest absolute Gasteiger partial charge is 0.504 e. The highest BCUT2D eigenvalue weighted by atomic mass is 32.2. The monoisotopic (exact) mass is 330 g/mol. The minimum absolute atomic E-state index is 0.0169. The van der Waals surface area contributed by atoms with Gasteiger partial charge in [-0.3, -0.25) is 9.59 Å². The fourth-order valence-corrected chi connectivity index (χ4v) is 2.79. The minimum Gasteiger partial charge on any atom is -0.440 e. The SMILES string of the molecule is O=C1c2ccccc2C(=O)c2oc(S(=O)(=O)C(F)(F)F)cc21. The molecule has 1 aliphatic carbocycles. The number of hydrogen-bond acceptors (Lipinski definition) is 5. The van der Waals surface area contributed by atoms with Gasteiger partial charge in [-0.1, -0.05) is 24.3 Å². The summed E-state index contributed by atoms with van der Waals surface area (Å²) in [6.45, 7) is 0. The molecule has 5 nitrogen and oxygen atoms in total. The lowest BCUT2D eigenvalue weighted by molar-refractivity contribution is -0.0447. The van der Waals surface area contributed by atoms with Crippen molar-refractivity contribution in [1.29, 1.82) is 0 Å². The van der Waals surface area contributed by atoms with E-state index in [0.717, 1.165) is 0 Å². The number of fused-ring (bicyclic) bond motifs is 2. The zero-order chi connectivity index (χ0) is 16.3. The van der Waals surface area contributed by atoms with Gasteiger partial charge in [0.1, 0.15) is 0 Å². The summed E-state index contributed by atoms with van der Waals surface area (Å²) in [5.41, 5.74) is -6.15. The number of benzene rings is 1. The first-order chi connectivity index (χ1) is 10.1. The highest BCUT2D eigenvalue weighted by molar-refractivity contribution is 7.92. The fourth-order valence-electron chi connectivity index (χ4n) is 2.10. The molecule has 0 amide bonds. The van der Waals surface area contributed by atoms with Crippen molar-refractivity contribution in [2.75, 3.05) is 0 Å². The van der Waals surface area contributed by atoms with Crippen LogP contribution in [-0.4, -0.2) is 25.5 Å². The third kappa shape index (κ3) is 1.82. The highest BCUT2D eigenvalue weighted by Gasteiger charge is 2.50. The Morgan fingerprint density at radius 1 is 0.909 bits per heavy atom. The first kappa shape index (κ1) is 14.5. The highest BCUT2D eigenvalue weighted by Crippen LogP contribution is 2.36. The predicted molar refractivity (Wildman–Crippen MR) is 65.3 cm³/mol. The molecule has 0 fully saturated rings. The van der Waals surface area contributed by atoms with E-state index in [4.69, 9.17) is 0 Å². The lowest BCUT2D eigenvalue weighted by Crippen LogP contribution is -2.22. The molecule has 0 N–H and O–H groups in total. The zero-order valence-corrected chi connectivity index (χ0v) is 11.3. The first-order valence-electron chi connectivity index (χ1n) is 5.78. The lowest BCUT2D eigenvalue weighted by Gasteiger charge is -2.11. The molecule has 114 valence electrons. The molecule has 9 heteroatoms. The number of sulfone groups is 1. The predicted octanol–water partition coefficient (Wildman–Crippen LogP) is 2.35. The molecule has 0 saturated carbocycles. The van der Waals surface area contributed by atoms with Crippen molar-refractivity contribution < 1.29 is 35.6 Å². The van der Waals surface area contributed by atoms with E-state index in [9.17, 15) is 31.2 Å². The molecule has 0 spiro atoms. The number of rotatable bonds is 1. The number of hydrogen-bond donors (Lipinski definition) is 0. The fraction of sp³-hybridized carbons (Fsp3) is 0.0769. The molecule has 2 aromatic rings. The Balaban J connectivity index is 2.23.